The monoisotopic (exact) mass is 1310 g/mol. The van der Waals surface area contributed by atoms with Crippen LogP contribution in [0.3, 0.4) is 0 Å². The first-order chi connectivity index (χ1) is 43.7. The van der Waals surface area contributed by atoms with Gasteiger partial charge in [-0.25, -0.2) is 4.39 Å². The fourth-order valence-corrected chi connectivity index (χ4v) is 14.2. The third-order valence-electron chi connectivity index (χ3n) is 19.7. The number of alkyl halides is 3. The van der Waals surface area contributed by atoms with E-state index in [1.165, 1.54) is 66.8 Å². The lowest BCUT2D eigenvalue weighted by molar-refractivity contribution is -0.149. The number of fused-ring (bicyclic) bond motifs is 1. The number of amides is 11. The minimum Gasteiger partial charge on any atom is -0.351 e. The number of hydrogen-bond acceptors (Lipinski definition) is 11. The van der Waals surface area contributed by atoms with Gasteiger partial charge in [-0.15, -0.1) is 0 Å². The molecule has 1 unspecified atom stereocenters. The highest BCUT2D eigenvalue weighted by molar-refractivity contribution is 5.99. The summed E-state index contributed by atoms with van der Waals surface area (Å²) in [6.07, 6.45) is 4.93. The van der Waals surface area contributed by atoms with E-state index in [0.717, 1.165) is 67.2 Å². The molecule has 0 aromatic heterocycles. The number of aryl methyl sites for hydroxylation is 1. The van der Waals surface area contributed by atoms with Crippen molar-refractivity contribution >= 4 is 65.0 Å². The molecule has 93 heavy (non-hydrogen) atoms. The molecule has 11 amide bonds. The Kier molecular flexibility index (Phi) is 27.0. The first kappa shape index (κ1) is 75.1. The molecule has 7 atom stereocenters. The predicted octanol–water partition coefficient (Wildman–Crippen LogP) is 5.57. The highest BCUT2D eigenvalue weighted by Crippen LogP contribution is 2.36. The summed E-state index contributed by atoms with van der Waals surface area (Å²) < 4.78 is 55.9. The fraction of sp³-hybridized carbons (Fsp3) is 0.746. The molecule has 0 radical (unpaired) electrons. The van der Waals surface area contributed by atoms with E-state index in [0.29, 0.717) is 44.2 Å². The molecule has 4 N–H and O–H groups in total. The van der Waals surface area contributed by atoms with Crippen LogP contribution in [0.2, 0.25) is 0 Å². The number of rotatable bonds is 10. The van der Waals surface area contributed by atoms with Crippen molar-refractivity contribution in [2.24, 2.45) is 23.7 Å². The Morgan fingerprint density at radius 3 is 1.73 bits per heavy atom. The van der Waals surface area contributed by atoms with Crippen LogP contribution in [0, 0.1) is 29.5 Å². The summed E-state index contributed by atoms with van der Waals surface area (Å²) in [5.41, 5.74) is -2.94. The smallest absolute Gasteiger partial charge is 0.351 e. The summed E-state index contributed by atoms with van der Waals surface area (Å²) >= 11 is 0. The summed E-state index contributed by atoms with van der Waals surface area (Å²) in [5.74, 6) is -8.88. The molecule has 1 spiro atoms. The van der Waals surface area contributed by atoms with E-state index in [2.05, 4.69) is 21.3 Å². The van der Waals surface area contributed by atoms with E-state index in [9.17, 15) is 65.5 Å². The molecule has 5 fully saturated rings. The SMILES string of the molecule is CC(C)C[C@H]1C(=O)N[C@@H](C2CCCCC2)C(=O)N(C)CC(=O)N(C)CC(=O)N(C)[C@@H](CC2CCCCC2)C(=O)N(C)CC(=O)N[C@@H](CCc2ccc(C(F)(F)F)c(F)c2)C(=O)N2CCCC2C(=O)NC2(CCCC2)C(=O)N(C)[C@@H](CC(C)C)C(=O)N[C@H](C)CC(=O)N1C. The lowest BCUT2D eigenvalue weighted by atomic mass is 9.83. The van der Waals surface area contributed by atoms with Crippen LogP contribution in [0.25, 0.3) is 0 Å². The summed E-state index contributed by atoms with van der Waals surface area (Å²) in [6, 6.07) is -5.45. The summed E-state index contributed by atoms with van der Waals surface area (Å²) in [7, 11) is 8.60. The van der Waals surface area contributed by atoms with E-state index in [1.54, 1.807) is 6.92 Å². The second kappa shape index (κ2) is 33.5. The third kappa shape index (κ3) is 20.1. The molecule has 0 bridgehead atoms. The quantitative estimate of drug-likeness (QED) is 0.211. The topological polar surface area (TPSA) is 259 Å². The van der Waals surface area contributed by atoms with Crippen molar-refractivity contribution < 1.29 is 70.3 Å². The van der Waals surface area contributed by atoms with E-state index in [-0.39, 0.29) is 93.6 Å². The van der Waals surface area contributed by atoms with Gasteiger partial charge in [0.2, 0.25) is 65.0 Å². The number of nitrogens with one attached hydrogen (secondary N) is 4. The van der Waals surface area contributed by atoms with Crippen molar-refractivity contribution in [2.45, 2.75) is 230 Å². The molecule has 5 aliphatic rings. The van der Waals surface area contributed by atoms with Gasteiger partial charge in [0.05, 0.1) is 25.2 Å². The van der Waals surface area contributed by atoms with Crippen molar-refractivity contribution in [3.05, 3.63) is 35.1 Å². The molecular weight excluding hydrogens is 1210 g/mol. The van der Waals surface area contributed by atoms with Gasteiger partial charge in [0.1, 0.15) is 47.6 Å². The average molecular weight is 1310 g/mol. The number of halogens is 4. The van der Waals surface area contributed by atoms with Crippen LogP contribution in [0.5, 0.6) is 0 Å². The standard InChI is InChI=1S/C67H103F4N11O11/c1-41(2)33-51-60(88)74-58(46-23-16-13-17-24-46)64(92)78(8)39-56(85)76(6)40-57(86)80(10)53(37-44-21-14-12-15-22-44)63(91)77(7)38-54(83)73-49(29-27-45-26-28-47(48(68)36-45)67(69,70)71)62(90)82-32-20-25-50(82)61(89)75-66(30-18-19-31-66)65(93)81(11)52(34-42(3)4)59(87)72-43(5)35-55(84)79(51)9/h26,28,36,41-44,46,49-53,58H,12-25,27,29-35,37-40H2,1-11H3,(H,72,87)(H,73,83)(H,74,88)(H,75,89)/t43-,49+,50?,51+,52+,53+,58+/m1/s1. The molecule has 22 nitrogen and oxygen atoms in total. The molecule has 1 aromatic rings. The van der Waals surface area contributed by atoms with Crippen LogP contribution >= 0.6 is 0 Å². The third-order valence-corrected chi connectivity index (χ3v) is 19.7. The molecule has 3 aliphatic carbocycles. The summed E-state index contributed by atoms with van der Waals surface area (Å²) in [6.45, 7) is 7.59. The molecule has 2 aliphatic heterocycles. The molecule has 1 aromatic carbocycles. The number of carbonyl (C=O) groups excluding carboxylic acids is 11. The minimum absolute atomic E-state index is 0.0198. The van der Waals surface area contributed by atoms with Crippen molar-refractivity contribution in [2.75, 3.05) is 68.5 Å². The fourth-order valence-electron chi connectivity index (χ4n) is 14.2. The maximum absolute atomic E-state index is 15.1. The van der Waals surface area contributed by atoms with Gasteiger partial charge >= 0.3 is 6.18 Å². The zero-order valence-electron chi connectivity index (χ0n) is 56.6. The van der Waals surface area contributed by atoms with Crippen molar-refractivity contribution in [1.29, 1.82) is 0 Å². The molecule has 2 heterocycles. The number of hydrogen-bond donors (Lipinski definition) is 4. The second-order valence-corrected chi connectivity index (χ2v) is 28.0. The maximum atomic E-state index is 15.1. The Balaban J connectivity index is 1.37. The Labute approximate surface area is 546 Å². The Hall–Kier alpha value is -6.89. The lowest BCUT2D eigenvalue weighted by Crippen LogP contribution is -2.64. The van der Waals surface area contributed by atoms with E-state index in [1.807, 2.05) is 27.7 Å². The van der Waals surface area contributed by atoms with Crippen LogP contribution in [0.4, 0.5) is 17.6 Å². The van der Waals surface area contributed by atoms with Gasteiger partial charge in [-0.3, -0.25) is 52.7 Å². The molecule has 520 valence electrons. The second-order valence-electron chi connectivity index (χ2n) is 28.0. The average Bonchev–Trinajstić information content (AvgIpc) is 1.73. The van der Waals surface area contributed by atoms with Gasteiger partial charge in [-0.05, 0) is 119 Å². The van der Waals surface area contributed by atoms with Crippen LogP contribution in [-0.2, 0) is 65.3 Å². The Morgan fingerprint density at radius 2 is 1.14 bits per heavy atom. The molecule has 6 rings (SSSR count). The Bertz CT molecular complexity index is 2840. The lowest BCUT2D eigenvalue weighted by Gasteiger charge is -2.39. The van der Waals surface area contributed by atoms with Crippen LogP contribution < -0.4 is 21.3 Å². The number of carbonyl (C=O) groups is 11. The number of nitrogens with zero attached hydrogens (tertiary/aromatic N) is 7. The molecule has 26 heteroatoms. The van der Waals surface area contributed by atoms with E-state index < -0.39 is 150 Å². The number of benzene rings is 1. The van der Waals surface area contributed by atoms with Gasteiger partial charge in [0, 0.05) is 61.3 Å². The molecule has 2 saturated heterocycles. The minimum atomic E-state index is -4.99. The Morgan fingerprint density at radius 1 is 0.581 bits per heavy atom. The van der Waals surface area contributed by atoms with Gasteiger partial charge in [0.25, 0.3) is 0 Å². The van der Waals surface area contributed by atoms with E-state index >= 15 is 4.79 Å². The van der Waals surface area contributed by atoms with Crippen LogP contribution in [0.1, 0.15) is 181 Å². The normalized spacial score (nSPS) is 26.7. The highest BCUT2D eigenvalue weighted by atomic mass is 19.4. The number of likely N-dealkylation sites (N-methyl/N-ethyl adjacent to an activating group) is 6. The van der Waals surface area contributed by atoms with Crippen molar-refractivity contribution in [1.82, 2.24) is 55.6 Å². The maximum Gasteiger partial charge on any atom is 0.419 e. The van der Waals surface area contributed by atoms with Crippen LogP contribution in [0.15, 0.2) is 18.2 Å². The predicted molar refractivity (Wildman–Crippen MR) is 339 cm³/mol. The zero-order chi connectivity index (χ0) is 68.8. The van der Waals surface area contributed by atoms with Gasteiger partial charge < -0.3 is 55.6 Å². The van der Waals surface area contributed by atoms with Gasteiger partial charge in [0.15, 0.2) is 0 Å². The van der Waals surface area contributed by atoms with Crippen molar-refractivity contribution in [3.8, 4) is 0 Å². The van der Waals surface area contributed by atoms with Gasteiger partial charge in [-0.1, -0.05) is 98.0 Å². The molecule has 3 saturated carbocycles. The molecular formula is C67H103F4N11O11. The summed E-state index contributed by atoms with van der Waals surface area (Å²) in [5, 5.41) is 11.6. The zero-order valence-corrected chi connectivity index (χ0v) is 56.6. The van der Waals surface area contributed by atoms with Crippen molar-refractivity contribution in [3.63, 3.8) is 0 Å². The largest absolute Gasteiger partial charge is 0.419 e. The first-order valence-corrected chi connectivity index (χ1v) is 33.6. The highest BCUT2D eigenvalue weighted by Gasteiger charge is 2.49. The first-order valence-electron chi connectivity index (χ1n) is 33.6. The van der Waals surface area contributed by atoms with Gasteiger partial charge in [-0.2, -0.15) is 13.2 Å². The van der Waals surface area contributed by atoms with E-state index in [4.69, 9.17) is 0 Å². The summed E-state index contributed by atoms with van der Waals surface area (Å²) in [4.78, 5) is 169. The van der Waals surface area contributed by atoms with Crippen LogP contribution in [-0.4, -0.2) is 216 Å².